The first-order valence-electron chi connectivity index (χ1n) is 3.39. The van der Waals surface area contributed by atoms with Crippen LogP contribution in [-0.4, -0.2) is 4.98 Å². The maximum absolute atomic E-state index is 5.96. The van der Waals surface area contributed by atoms with Crippen molar-refractivity contribution in [3.8, 4) is 0 Å². The van der Waals surface area contributed by atoms with E-state index in [2.05, 4.69) is 27.6 Å². The number of hydrogen-bond donors (Lipinski definition) is 0. The molecule has 1 nitrogen and oxygen atoms in total. The van der Waals surface area contributed by atoms with Crippen molar-refractivity contribution in [2.45, 2.75) is 6.92 Å². The van der Waals surface area contributed by atoms with Gasteiger partial charge in [-0.05, 0) is 47.2 Å². The zero-order valence-electron chi connectivity index (χ0n) is 6.27. The van der Waals surface area contributed by atoms with Gasteiger partial charge >= 0.3 is 0 Å². The zero-order valence-corrected chi connectivity index (χ0v) is 10.00. The average molecular weight is 310 g/mol. The molecule has 0 N–H and O–H groups in total. The Balaban J connectivity index is 2.89. The fourth-order valence-corrected chi connectivity index (χ4v) is 2.93. The van der Waals surface area contributed by atoms with Crippen LogP contribution >= 0.6 is 45.5 Å². The molecular formula is C8H5ClINS. The van der Waals surface area contributed by atoms with E-state index in [-0.39, 0.29) is 0 Å². The van der Waals surface area contributed by atoms with Crippen molar-refractivity contribution in [1.82, 2.24) is 4.98 Å². The minimum absolute atomic E-state index is 0.796. The lowest BCUT2D eigenvalue weighted by Crippen LogP contribution is -1.77. The van der Waals surface area contributed by atoms with Crippen molar-refractivity contribution in [2.24, 2.45) is 0 Å². The van der Waals surface area contributed by atoms with E-state index in [0.717, 1.165) is 19.1 Å². The molecule has 2 aromatic rings. The van der Waals surface area contributed by atoms with Crippen molar-refractivity contribution in [2.75, 3.05) is 0 Å². The van der Waals surface area contributed by atoms with Gasteiger partial charge in [0, 0.05) is 5.02 Å². The Bertz CT molecular complexity index is 438. The number of benzene rings is 1. The summed E-state index contributed by atoms with van der Waals surface area (Å²) in [6.45, 7) is 2.00. The van der Waals surface area contributed by atoms with Crippen LogP contribution in [0.1, 0.15) is 5.56 Å². The molecular weight excluding hydrogens is 305 g/mol. The van der Waals surface area contributed by atoms with Gasteiger partial charge in [0.2, 0.25) is 0 Å². The number of fused-ring (bicyclic) bond motifs is 1. The van der Waals surface area contributed by atoms with Gasteiger partial charge in [0.15, 0.2) is 3.01 Å². The SMILES string of the molecule is Cc1c(Cl)ccc2sc(I)nc12. The number of aromatic nitrogens is 1. The van der Waals surface area contributed by atoms with Crippen molar-refractivity contribution in [1.29, 1.82) is 0 Å². The van der Waals surface area contributed by atoms with Crippen LogP contribution < -0.4 is 0 Å². The lowest BCUT2D eigenvalue weighted by Gasteiger charge is -1.95. The molecule has 0 aliphatic carbocycles. The van der Waals surface area contributed by atoms with Crippen molar-refractivity contribution < 1.29 is 0 Å². The van der Waals surface area contributed by atoms with E-state index in [1.807, 2.05) is 19.1 Å². The third-order valence-corrected chi connectivity index (χ3v) is 3.84. The Morgan fingerprint density at radius 1 is 1.50 bits per heavy atom. The molecule has 12 heavy (non-hydrogen) atoms. The Morgan fingerprint density at radius 2 is 2.25 bits per heavy atom. The van der Waals surface area contributed by atoms with Crippen LogP contribution in [-0.2, 0) is 0 Å². The summed E-state index contributed by atoms with van der Waals surface area (Å²) in [5, 5.41) is 0.796. The standard InChI is InChI=1S/C8H5ClINS/c1-4-5(9)2-3-6-7(4)11-8(10)12-6/h2-3H,1H3. The van der Waals surface area contributed by atoms with Crippen LogP contribution in [0.3, 0.4) is 0 Å². The molecule has 0 unspecified atom stereocenters. The molecule has 0 aliphatic heterocycles. The van der Waals surface area contributed by atoms with E-state index in [1.54, 1.807) is 11.3 Å². The summed E-state index contributed by atoms with van der Waals surface area (Å²) >= 11 is 9.88. The largest absolute Gasteiger partial charge is 0.230 e. The van der Waals surface area contributed by atoms with Crippen molar-refractivity contribution in [3.63, 3.8) is 0 Å². The average Bonchev–Trinajstić information content (AvgIpc) is 2.39. The quantitative estimate of drug-likeness (QED) is 0.673. The second kappa shape index (κ2) is 3.12. The summed E-state index contributed by atoms with van der Waals surface area (Å²) in [6, 6.07) is 3.94. The second-order valence-corrected chi connectivity index (χ2v) is 5.68. The lowest BCUT2D eigenvalue weighted by atomic mass is 10.2. The van der Waals surface area contributed by atoms with Crippen LogP contribution in [0.4, 0.5) is 0 Å². The smallest absolute Gasteiger partial charge is 0.155 e. The van der Waals surface area contributed by atoms with Gasteiger partial charge in [-0.2, -0.15) is 0 Å². The van der Waals surface area contributed by atoms with E-state index in [0.29, 0.717) is 0 Å². The van der Waals surface area contributed by atoms with Crippen LogP contribution in [0.15, 0.2) is 12.1 Å². The lowest BCUT2D eigenvalue weighted by molar-refractivity contribution is 1.39. The highest BCUT2D eigenvalue weighted by Gasteiger charge is 2.05. The highest BCUT2D eigenvalue weighted by Crippen LogP contribution is 2.29. The molecule has 2 rings (SSSR count). The number of nitrogens with zero attached hydrogens (tertiary/aromatic N) is 1. The highest BCUT2D eigenvalue weighted by atomic mass is 127. The number of rotatable bonds is 0. The fraction of sp³-hybridized carbons (Fsp3) is 0.125. The zero-order chi connectivity index (χ0) is 8.72. The van der Waals surface area contributed by atoms with Crippen molar-refractivity contribution in [3.05, 3.63) is 25.7 Å². The molecule has 62 valence electrons. The summed E-state index contributed by atoms with van der Waals surface area (Å²) in [5.41, 5.74) is 2.12. The third-order valence-electron chi connectivity index (χ3n) is 1.72. The second-order valence-electron chi connectivity index (χ2n) is 2.49. The van der Waals surface area contributed by atoms with Gasteiger partial charge in [-0.1, -0.05) is 11.6 Å². The van der Waals surface area contributed by atoms with Gasteiger partial charge in [0.1, 0.15) is 0 Å². The van der Waals surface area contributed by atoms with E-state index in [1.165, 1.54) is 4.70 Å². The van der Waals surface area contributed by atoms with Gasteiger partial charge in [-0.25, -0.2) is 4.98 Å². The molecule has 1 aromatic heterocycles. The first-order valence-corrected chi connectivity index (χ1v) is 5.67. The predicted molar refractivity (Wildman–Crippen MR) is 62.1 cm³/mol. The molecule has 1 heterocycles. The van der Waals surface area contributed by atoms with E-state index >= 15 is 0 Å². The maximum atomic E-state index is 5.96. The molecule has 0 fully saturated rings. The summed E-state index contributed by atoms with van der Waals surface area (Å²) < 4.78 is 2.27. The van der Waals surface area contributed by atoms with E-state index in [4.69, 9.17) is 11.6 Å². The molecule has 0 radical (unpaired) electrons. The van der Waals surface area contributed by atoms with Gasteiger partial charge in [-0.15, -0.1) is 11.3 Å². The topological polar surface area (TPSA) is 12.9 Å². The van der Waals surface area contributed by atoms with Crippen LogP contribution in [0.25, 0.3) is 10.2 Å². The number of hydrogen-bond acceptors (Lipinski definition) is 2. The van der Waals surface area contributed by atoms with E-state index < -0.39 is 0 Å². The first kappa shape index (κ1) is 8.72. The molecule has 0 saturated carbocycles. The molecule has 0 aliphatic rings. The number of halogens is 2. The highest BCUT2D eigenvalue weighted by molar-refractivity contribution is 14.1. The monoisotopic (exact) mass is 309 g/mol. The number of aryl methyl sites for hydroxylation is 1. The van der Waals surface area contributed by atoms with Crippen LogP contribution in [0.2, 0.25) is 5.02 Å². The normalized spacial score (nSPS) is 10.9. The number of thiazole rings is 1. The molecule has 0 amide bonds. The Labute approximate surface area is 92.9 Å². The summed E-state index contributed by atoms with van der Waals surface area (Å²) in [7, 11) is 0. The first-order chi connectivity index (χ1) is 5.68. The summed E-state index contributed by atoms with van der Waals surface area (Å²) in [4.78, 5) is 4.39. The van der Waals surface area contributed by atoms with Crippen LogP contribution in [0, 0.1) is 9.94 Å². The Kier molecular flexibility index (Phi) is 2.27. The minimum Gasteiger partial charge on any atom is -0.230 e. The molecule has 0 saturated heterocycles. The molecule has 0 spiro atoms. The maximum Gasteiger partial charge on any atom is 0.155 e. The van der Waals surface area contributed by atoms with Gasteiger partial charge < -0.3 is 0 Å². The summed E-state index contributed by atoms with van der Waals surface area (Å²) in [5.74, 6) is 0. The molecule has 0 atom stereocenters. The Hall–Kier alpha value is 0.130. The minimum atomic E-state index is 0.796. The van der Waals surface area contributed by atoms with Gasteiger partial charge in [0.25, 0.3) is 0 Å². The molecule has 4 heteroatoms. The summed E-state index contributed by atoms with van der Waals surface area (Å²) in [6.07, 6.45) is 0. The van der Waals surface area contributed by atoms with Gasteiger partial charge in [-0.3, -0.25) is 0 Å². The van der Waals surface area contributed by atoms with Crippen molar-refractivity contribution >= 4 is 55.7 Å². The molecule has 0 bridgehead atoms. The predicted octanol–water partition coefficient (Wildman–Crippen LogP) is 3.86. The molecule has 1 aromatic carbocycles. The van der Waals surface area contributed by atoms with Gasteiger partial charge in [0.05, 0.1) is 10.2 Å². The third kappa shape index (κ3) is 1.34. The van der Waals surface area contributed by atoms with E-state index in [9.17, 15) is 0 Å². The fourth-order valence-electron chi connectivity index (χ4n) is 1.07. The Morgan fingerprint density at radius 3 is 3.00 bits per heavy atom. The van der Waals surface area contributed by atoms with Crippen LogP contribution in [0.5, 0.6) is 0 Å².